The minimum absolute atomic E-state index is 0.251. The summed E-state index contributed by atoms with van der Waals surface area (Å²) < 4.78 is 26.9. The average Bonchev–Trinajstić information content (AvgIpc) is 2.09. The third-order valence-electron chi connectivity index (χ3n) is 3.09. The van der Waals surface area contributed by atoms with Crippen molar-refractivity contribution in [1.29, 1.82) is 0 Å². The normalized spacial score (nSPS) is 31.3. The molecule has 1 rings (SSSR count). The second-order valence-electron chi connectivity index (χ2n) is 4.43. The second-order valence-corrected chi connectivity index (χ2v) is 5.53. The van der Waals surface area contributed by atoms with Crippen molar-refractivity contribution in [2.45, 2.75) is 31.8 Å². The summed E-state index contributed by atoms with van der Waals surface area (Å²) in [6.07, 6.45) is 0.372. The van der Waals surface area contributed by atoms with Crippen molar-refractivity contribution in [1.82, 2.24) is 0 Å². The summed E-state index contributed by atoms with van der Waals surface area (Å²) in [6, 6.07) is 0. The standard InChI is InChI=1S/C9H14F2O3S/c1-7(2)3-4-15-5-8(7,14)9(10,11)6(12)13/h14H,3-5H2,1-2H3,(H,12,13). The molecule has 0 radical (unpaired) electrons. The van der Waals surface area contributed by atoms with Gasteiger partial charge in [-0.15, -0.1) is 0 Å². The van der Waals surface area contributed by atoms with Crippen LogP contribution in [0.4, 0.5) is 8.78 Å². The van der Waals surface area contributed by atoms with Gasteiger partial charge in [0.15, 0.2) is 5.60 Å². The number of rotatable bonds is 2. The zero-order valence-electron chi connectivity index (χ0n) is 8.59. The lowest BCUT2D eigenvalue weighted by atomic mass is 9.70. The fourth-order valence-electron chi connectivity index (χ4n) is 1.64. The molecule has 0 bridgehead atoms. The predicted molar refractivity (Wildman–Crippen MR) is 53.3 cm³/mol. The van der Waals surface area contributed by atoms with Crippen LogP contribution >= 0.6 is 11.8 Å². The highest BCUT2D eigenvalue weighted by Crippen LogP contribution is 2.50. The van der Waals surface area contributed by atoms with Crippen molar-refractivity contribution in [3.63, 3.8) is 0 Å². The van der Waals surface area contributed by atoms with Crippen LogP contribution in [0.25, 0.3) is 0 Å². The zero-order chi connectivity index (χ0) is 11.9. The fourth-order valence-corrected chi connectivity index (χ4v) is 3.31. The zero-order valence-corrected chi connectivity index (χ0v) is 9.40. The molecular formula is C9H14F2O3S. The van der Waals surface area contributed by atoms with E-state index in [0.717, 1.165) is 11.8 Å². The molecule has 1 heterocycles. The van der Waals surface area contributed by atoms with Gasteiger partial charge in [-0.25, -0.2) is 4.79 Å². The van der Waals surface area contributed by atoms with Crippen LogP contribution < -0.4 is 0 Å². The van der Waals surface area contributed by atoms with E-state index >= 15 is 0 Å². The van der Waals surface area contributed by atoms with Gasteiger partial charge in [-0.2, -0.15) is 20.5 Å². The summed E-state index contributed by atoms with van der Waals surface area (Å²) in [5.74, 6) is -5.96. The maximum Gasteiger partial charge on any atom is 0.377 e. The number of hydrogen-bond acceptors (Lipinski definition) is 3. The molecule has 1 aliphatic heterocycles. The SMILES string of the molecule is CC1(C)CCSCC1(O)C(F)(F)C(=O)O. The Bertz CT molecular complexity index is 281. The maximum absolute atomic E-state index is 13.4. The summed E-state index contributed by atoms with van der Waals surface area (Å²) in [6.45, 7) is 2.95. The molecule has 0 aliphatic carbocycles. The quantitative estimate of drug-likeness (QED) is 0.769. The molecule has 2 N–H and O–H groups in total. The number of thioether (sulfide) groups is 1. The first kappa shape index (κ1) is 12.7. The molecule has 0 aromatic rings. The van der Waals surface area contributed by atoms with Crippen molar-refractivity contribution in [3.05, 3.63) is 0 Å². The lowest BCUT2D eigenvalue weighted by Gasteiger charge is -2.48. The molecular weight excluding hydrogens is 226 g/mol. The van der Waals surface area contributed by atoms with E-state index in [-0.39, 0.29) is 5.75 Å². The predicted octanol–water partition coefficient (Wildman–Crippen LogP) is 1.60. The summed E-state index contributed by atoms with van der Waals surface area (Å²) in [7, 11) is 0. The molecule has 15 heavy (non-hydrogen) atoms. The van der Waals surface area contributed by atoms with Crippen LogP contribution in [0.1, 0.15) is 20.3 Å². The number of carbonyl (C=O) groups is 1. The first-order valence-electron chi connectivity index (χ1n) is 4.56. The summed E-state index contributed by atoms with van der Waals surface area (Å²) in [5.41, 5.74) is -3.57. The van der Waals surface area contributed by atoms with Gasteiger partial charge in [-0.1, -0.05) is 13.8 Å². The molecule has 1 unspecified atom stereocenters. The highest BCUT2D eigenvalue weighted by Gasteiger charge is 2.66. The molecule has 88 valence electrons. The van der Waals surface area contributed by atoms with E-state index in [0.29, 0.717) is 12.2 Å². The van der Waals surface area contributed by atoms with E-state index in [4.69, 9.17) is 5.11 Å². The Hall–Kier alpha value is -0.360. The lowest BCUT2D eigenvalue weighted by Crippen LogP contribution is -2.64. The average molecular weight is 240 g/mol. The van der Waals surface area contributed by atoms with Gasteiger partial charge in [-0.05, 0) is 12.2 Å². The number of halogens is 2. The van der Waals surface area contributed by atoms with Gasteiger partial charge in [0.05, 0.1) is 0 Å². The van der Waals surface area contributed by atoms with Crippen molar-refractivity contribution >= 4 is 17.7 Å². The second kappa shape index (κ2) is 3.59. The van der Waals surface area contributed by atoms with E-state index in [1.807, 2.05) is 0 Å². The minimum atomic E-state index is -4.11. The number of alkyl halides is 2. The first-order chi connectivity index (χ1) is 6.65. The summed E-state index contributed by atoms with van der Waals surface area (Å²) >= 11 is 1.16. The Morgan fingerprint density at radius 1 is 1.47 bits per heavy atom. The molecule has 1 fully saturated rings. The topological polar surface area (TPSA) is 57.5 Å². The molecule has 0 spiro atoms. The van der Waals surface area contributed by atoms with Gasteiger partial charge in [0, 0.05) is 11.2 Å². The number of carboxylic acids is 1. The number of carboxylic acid groups (broad SMARTS) is 1. The molecule has 3 nitrogen and oxygen atoms in total. The Kier molecular flexibility index (Phi) is 3.04. The van der Waals surface area contributed by atoms with Crippen molar-refractivity contribution in [2.24, 2.45) is 5.41 Å². The molecule has 1 saturated heterocycles. The van der Waals surface area contributed by atoms with Crippen LogP contribution in [0.2, 0.25) is 0 Å². The Labute approximate surface area is 90.9 Å². The van der Waals surface area contributed by atoms with E-state index in [1.54, 1.807) is 0 Å². The number of aliphatic carboxylic acids is 1. The van der Waals surface area contributed by atoms with E-state index in [2.05, 4.69) is 0 Å². The minimum Gasteiger partial charge on any atom is -0.477 e. The molecule has 0 aromatic heterocycles. The van der Waals surface area contributed by atoms with Gasteiger partial charge >= 0.3 is 11.9 Å². The van der Waals surface area contributed by atoms with Gasteiger partial charge in [-0.3, -0.25) is 0 Å². The highest BCUT2D eigenvalue weighted by atomic mass is 32.2. The largest absolute Gasteiger partial charge is 0.477 e. The third kappa shape index (κ3) is 1.73. The highest BCUT2D eigenvalue weighted by molar-refractivity contribution is 7.99. The Morgan fingerprint density at radius 3 is 2.40 bits per heavy atom. The van der Waals surface area contributed by atoms with Crippen molar-refractivity contribution in [3.8, 4) is 0 Å². The van der Waals surface area contributed by atoms with Crippen LogP contribution in [0.5, 0.6) is 0 Å². The van der Waals surface area contributed by atoms with Gasteiger partial charge in [0.1, 0.15) is 0 Å². The monoisotopic (exact) mass is 240 g/mol. The lowest BCUT2D eigenvalue weighted by molar-refractivity contribution is -0.231. The molecule has 0 amide bonds. The van der Waals surface area contributed by atoms with Crippen LogP contribution in [0, 0.1) is 5.41 Å². The molecule has 0 saturated carbocycles. The smallest absolute Gasteiger partial charge is 0.377 e. The Morgan fingerprint density at radius 2 is 2.00 bits per heavy atom. The Balaban J connectivity index is 3.13. The van der Waals surface area contributed by atoms with Crippen molar-refractivity contribution in [2.75, 3.05) is 11.5 Å². The van der Waals surface area contributed by atoms with Gasteiger partial charge in [0.25, 0.3) is 0 Å². The van der Waals surface area contributed by atoms with E-state index in [9.17, 15) is 18.7 Å². The molecule has 1 aliphatic rings. The first-order valence-corrected chi connectivity index (χ1v) is 5.72. The van der Waals surface area contributed by atoms with E-state index in [1.165, 1.54) is 13.8 Å². The van der Waals surface area contributed by atoms with Crippen molar-refractivity contribution < 1.29 is 23.8 Å². The van der Waals surface area contributed by atoms with Gasteiger partial charge < -0.3 is 10.2 Å². The summed E-state index contributed by atoms with van der Waals surface area (Å²) in [5, 5.41) is 18.4. The van der Waals surface area contributed by atoms with Crippen LogP contribution in [0.15, 0.2) is 0 Å². The number of hydrogen-bond donors (Lipinski definition) is 2. The van der Waals surface area contributed by atoms with E-state index < -0.39 is 22.9 Å². The molecule has 0 aromatic carbocycles. The molecule has 6 heteroatoms. The van der Waals surface area contributed by atoms with Crippen LogP contribution in [-0.4, -0.2) is 39.2 Å². The molecule has 1 atom stereocenters. The third-order valence-corrected chi connectivity index (χ3v) is 4.20. The number of aliphatic hydroxyl groups is 1. The maximum atomic E-state index is 13.4. The van der Waals surface area contributed by atoms with Crippen LogP contribution in [0.3, 0.4) is 0 Å². The fraction of sp³-hybridized carbons (Fsp3) is 0.889. The summed E-state index contributed by atoms with van der Waals surface area (Å²) in [4.78, 5) is 10.5. The van der Waals surface area contributed by atoms with Crippen LogP contribution in [-0.2, 0) is 4.79 Å². The van der Waals surface area contributed by atoms with Gasteiger partial charge in [0.2, 0.25) is 0 Å².